The molecule has 9 heavy (non-hydrogen) atoms. The summed E-state index contributed by atoms with van der Waals surface area (Å²) in [5, 5.41) is 1.30. The van der Waals surface area contributed by atoms with Crippen LogP contribution in [0.25, 0.3) is 0 Å². The summed E-state index contributed by atoms with van der Waals surface area (Å²) in [4.78, 5) is 0. The number of nitrogens with one attached hydrogen (secondary N) is 1. The Morgan fingerprint density at radius 3 is 2.33 bits per heavy atom. The van der Waals surface area contributed by atoms with Gasteiger partial charge in [-0.15, -0.1) is 0 Å². The summed E-state index contributed by atoms with van der Waals surface area (Å²) in [5.41, 5.74) is 0. The second-order valence-electron chi connectivity index (χ2n) is 1.42. The molecule has 0 aromatic carbocycles. The first-order valence-corrected chi connectivity index (χ1v) is 2.37. The predicted molar refractivity (Wildman–Crippen MR) is 25.9 cm³/mol. The first-order valence-electron chi connectivity index (χ1n) is 2.37. The van der Waals surface area contributed by atoms with Crippen molar-refractivity contribution in [1.82, 2.24) is 5.32 Å². The molecule has 0 aromatic heterocycles. The number of hydrogen-bond donors (Lipinski definition) is 1. The molecule has 2 nitrogen and oxygen atoms in total. The summed E-state index contributed by atoms with van der Waals surface area (Å²) < 4.78 is 38.0. The molecule has 0 rings (SSSR count). The summed E-state index contributed by atoms with van der Waals surface area (Å²) >= 11 is 0. The zero-order valence-corrected chi connectivity index (χ0v) is 4.96. The van der Waals surface area contributed by atoms with Crippen LogP contribution in [0, 0.1) is 0 Å². The van der Waals surface area contributed by atoms with E-state index in [1.165, 1.54) is 12.4 Å². The van der Waals surface area contributed by atoms with E-state index >= 15 is 0 Å². The van der Waals surface area contributed by atoms with Crippen LogP contribution in [0.5, 0.6) is 0 Å². The number of halogens is 3. The maximum absolute atomic E-state index is 11.2. The molecule has 0 fully saturated rings. The Hall–Kier alpha value is -0.290. The first-order chi connectivity index (χ1) is 4.06. The highest BCUT2D eigenvalue weighted by atomic mass is 19.4. The Morgan fingerprint density at radius 1 is 1.44 bits per heavy atom. The molecule has 5 heteroatoms. The van der Waals surface area contributed by atoms with Gasteiger partial charge in [0.1, 0.15) is 0 Å². The van der Waals surface area contributed by atoms with E-state index in [-0.39, 0.29) is 13.2 Å². The minimum atomic E-state index is -4.28. The van der Waals surface area contributed by atoms with Gasteiger partial charge in [-0.05, 0) is 0 Å². The van der Waals surface area contributed by atoms with Crippen LogP contribution >= 0.6 is 0 Å². The summed E-state index contributed by atoms with van der Waals surface area (Å²) in [7, 11) is 1.35. The van der Waals surface area contributed by atoms with Crippen molar-refractivity contribution in [3.63, 3.8) is 0 Å². The molecule has 0 saturated carbocycles. The van der Waals surface area contributed by atoms with Gasteiger partial charge in [-0.25, -0.2) is 5.32 Å². The molecule has 0 aliphatic heterocycles. The number of rotatable bonds is 3. The fourth-order valence-electron chi connectivity index (χ4n) is 0.295. The van der Waals surface area contributed by atoms with Gasteiger partial charge in [-0.3, -0.25) is 0 Å². The number of ether oxygens (including phenoxy) is 1. The van der Waals surface area contributed by atoms with Crippen LogP contribution in [0.2, 0.25) is 0 Å². The van der Waals surface area contributed by atoms with Crippen molar-refractivity contribution in [3.8, 4) is 0 Å². The smallest absolute Gasteiger partial charge is 0.383 e. The summed E-state index contributed by atoms with van der Waals surface area (Å²) in [5.74, 6) is 0. The van der Waals surface area contributed by atoms with E-state index in [2.05, 4.69) is 4.74 Å². The Morgan fingerprint density at radius 2 is 2.00 bits per heavy atom. The molecule has 0 aliphatic rings. The van der Waals surface area contributed by atoms with Crippen molar-refractivity contribution in [2.75, 3.05) is 20.3 Å². The summed E-state index contributed by atoms with van der Waals surface area (Å²) in [6.07, 6.45) is -4.28. The van der Waals surface area contributed by atoms with Crippen molar-refractivity contribution < 1.29 is 17.9 Å². The highest BCUT2D eigenvalue weighted by molar-refractivity contribution is 4.45. The maximum atomic E-state index is 11.2. The summed E-state index contributed by atoms with van der Waals surface area (Å²) in [6.45, 7) is -0.125. The van der Waals surface area contributed by atoms with E-state index < -0.39 is 6.30 Å². The molecule has 0 saturated heterocycles. The molecule has 0 aliphatic carbocycles. The monoisotopic (exact) mass is 143 g/mol. The lowest BCUT2D eigenvalue weighted by Crippen LogP contribution is -2.33. The van der Waals surface area contributed by atoms with Crippen molar-refractivity contribution in [2.45, 2.75) is 6.30 Å². The van der Waals surface area contributed by atoms with Crippen molar-refractivity contribution >= 4 is 0 Å². The third kappa shape index (κ3) is 7.71. The van der Waals surface area contributed by atoms with Crippen molar-refractivity contribution in [2.24, 2.45) is 0 Å². The van der Waals surface area contributed by atoms with Crippen LogP contribution in [0.4, 0.5) is 13.2 Å². The van der Waals surface area contributed by atoms with Gasteiger partial charge in [-0.1, -0.05) is 0 Å². The highest BCUT2D eigenvalue weighted by Crippen LogP contribution is 2.07. The van der Waals surface area contributed by atoms with E-state index in [1.807, 2.05) is 0 Å². The number of methoxy groups -OCH3 is 1. The van der Waals surface area contributed by atoms with Gasteiger partial charge in [-0.2, -0.15) is 13.2 Å². The third-order valence-corrected chi connectivity index (χ3v) is 0.632. The molecule has 0 atom stereocenters. The lowest BCUT2D eigenvalue weighted by Gasteiger charge is -2.06. The molecule has 0 spiro atoms. The standard InChI is InChI=1S/C4H8F3NO/c1-9-3-2-8-4(5,6)7/h8H,2-3H2,1H3. The van der Waals surface area contributed by atoms with Crippen LogP contribution in [0.15, 0.2) is 0 Å². The van der Waals surface area contributed by atoms with Gasteiger partial charge >= 0.3 is 6.30 Å². The zero-order valence-electron chi connectivity index (χ0n) is 4.96. The lowest BCUT2D eigenvalue weighted by atomic mass is 10.7. The molecular weight excluding hydrogens is 135 g/mol. The van der Waals surface area contributed by atoms with Crippen LogP contribution in [0.1, 0.15) is 0 Å². The highest BCUT2D eigenvalue weighted by Gasteiger charge is 2.25. The molecule has 1 N–H and O–H groups in total. The van der Waals surface area contributed by atoms with Gasteiger partial charge in [0.25, 0.3) is 0 Å². The van der Waals surface area contributed by atoms with Gasteiger partial charge < -0.3 is 4.74 Å². The van der Waals surface area contributed by atoms with Gasteiger partial charge in [0.2, 0.25) is 0 Å². The molecular formula is C4H8F3NO. The van der Waals surface area contributed by atoms with Crippen LogP contribution in [0.3, 0.4) is 0 Å². The molecule has 0 aromatic rings. The maximum Gasteiger partial charge on any atom is 0.457 e. The van der Waals surface area contributed by atoms with Gasteiger partial charge in [0.15, 0.2) is 0 Å². The molecule has 0 radical (unpaired) electrons. The van der Waals surface area contributed by atoms with E-state index in [9.17, 15) is 13.2 Å². The molecule has 56 valence electrons. The Bertz CT molecular complexity index is 72.7. The second-order valence-corrected chi connectivity index (χ2v) is 1.42. The van der Waals surface area contributed by atoms with Crippen LogP contribution in [-0.4, -0.2) is 26.6 Å². The van der Waals surface area contributed by atoms with Crippen LogP contribution in [-0.2, 0) is 4.74 Å². The van der Waals surface area contributed by atoms with E-state index in [1.54, 1.807) is 0 Å². The van der Waals surface area contributed by atoms with E-state index in [4.69, 9.17) is 0 Å². The average Bonchev–Trinajstić information content (AvgIpc) is 1.63. The zero-order chi connectivity index (χ0) is 7.33. The summed E-state index contributed by atoms with van der Waals surface area (Å²) in [6, 6.07) is 0. The predicted octanol–water partition coefficient (Wildman–Crippen LogP) is 0.742. The van der Waals surface area contributed by atoms with Gasteiger partial charge in [0, 0.05) is 13.7 Å². The largest absolute Gasteiger partial charge is 0.457 e. The van der Waals surface area contributed by atoms with Crippen molar-refractivity contribution in [3.05, 3.63) is 0 Å². The molecule has 0 bridgehead atoms. The molecule has 0 heterocycles. The quantitative estimate of drug-likeness (QED) is 0.464. The SMILES string of the molecule is COCCNC(F)(F)F. The topological polar surface area (TPSA) is 21.3 Å². The van der Waals surface area contributed by atoms with E-state index in [0.717, 1.165) is 0 Å². The number of hydrogen-bond acceptors (Lipinski definition) is 2. The normalized spacial score (nSPS) is 12.0. The Kier molecular flexibility index (Phi) is 3.56. The minimum absolute atomic E-state index is 0.0690. The Labute approximate surface area is 51.0 Å². The lowest BCUT2D eigenvalue weighted by molar-refractivity contribution is -0.158. The van der Waals surface area contributed by atoms with Crippen LogP contribution < -0.4 is 5.32 Å². The van der Waals surface area contributed by atoms with Crippen molar-refractivity contribution in [1.29, 1.82) is 0 Å². The molecule has 0 unspecified atom stereocenters. The van der Waals surface area contributed by atoms with Gasteiger partial charge in [0.05, 0.1) is 6.61 Å². The first kappa shape index (κ1) is 8.71. The average molecular weight is 143 g/mol. The third-order valence-electron chi connectivity index (χ3n) is 0.632. The molecule has 0 amide bonds. The fourth-order valence-corrected chi connectivity index (χ4v) is 0.295. The Balaban J connectivity index is 3.07. The number of alkyl halides is 3. The fraction of sp³-hybridized carbons (Fsp3) is 1.00. The van der Waals surface area contributed by atoms with E-state index in [0.29, 0.717) is 0 Å². The second kappa shape index (κ2) is 3.68. The minimum Gasteiger partial charge on any atom is -0.383 e.